The van der Waals surface area contributed by atoms with Crippen LogP contribution in [0.25, 0.3) is 112 Å². The van der Waals surface area contributed by atoms with Crippen molar-refractivity contribution in [2.45, 2.75) is 105 Å². The molecule has 2 N–H and O–H groups in total. The molecule has 15 rings (SSSR count). The Morgan fingerprint density at radius 3 is 1.70 bits per heavy atom. The smallest absolute Gasteiger partial charge is 0.169 e. The van der Waals surface area contributed by atoms with Crippen molar-refractivity contribution in [1.82, 2.24) is 34.3 Å². The van der Waals surface area contributed by atoms with E-state index >= 15 is 0 Å². The number of para-hydroxylation sites is 3. The molecule has 0 fully saturated rings. The molecule has 10 nitrogen and oxygen atoms in total. The second kappa shape index (κ2) is 28.6. The van der Waals surface area contributed by atoms with E-state index in [2.05, 4.69) is 258 Å². The number of hydrogen-bond acceptors (Lipinski definition) is 7. The Morgan fingerprint density at radius 1 is 0.451 bits per heavy atom. The summed E-state index contributed by atoms with van der Waals surface area (Å²) in [6, 6.07) is 92.8. The van der Waals surface area contributed by atoms with Crippen molar-refractivity contribution < 1.29 is 52.3 Å². The molecule has 0 saturated heterocycles. The molecule has 0 spiro atoms. The van der Waals surface area contributed by atoms with Gasteiger partial charge in [-0.15, -0.1) is 34.5 Å². The van der Waals surface area contributed by atoms with Gasteiger partial charge in [0.2, 0.25) is 0 Å². The number of hydrogen-bond donors (Lipinski definition) is 2. The fourth-order valence-electron chi connectivity index (χ4n) is 13.0. The van der Waals surface area contributed by atoms with Gasteiger partial charge in [0.25, 0.3) is 0 Å². The van der Waals surface area contributed by atoms with E-state index in [0.29, 0.717) is 11.5 Å². The van der Waals surface area contributed by atoms with Crippen molar-refractivity contribution in [2.24, 2.45) is 0 Å². The summed E-state index contributed by atoms with van der Waals surface area (Å²) in [5.74, 6) is 1.89. The van der Waals surface area contributed by atoms with Gasteiger partial charge in [-0.1, -0.05) is 282 Å². The van der Waals surface area contributed by atoms with E-state index in [-0.39, 0.29) is 75.3 Å². The van der Waals surface area contributed by atoms with E-state index in [9.17, 15) is 10.2 Å². The van der Waals surface area contributed by atoms with Crippen LogP contribution in [0, 0.1) is 6.07 Å². The number of fused-ring (bicyclic) bond motifs is 3. The molecule has 0 bridgehead atoms. The first kappa shape index (κ1) is 71.6. The summed E-state index contributed by atoms with van der Waals surface area (Å²) in [4.78, 5) is 17.2. The van der Waals surface area contributed by atoms with Gasteiger partial charge < -0.3 is 15.2 Å². The fourth-order valence-corrected chi connectivity index (χ4v) is 13.0. The molecule has 0 radical (unpaired) electrons. The van der Waals surface area contributed by atoms with Crippen molar-refractivity contribution in [3.63, 3.8) is 0 Å². The van der Waals surface area contributed by atoms with E-state index in [0.717, 1.165) is 140 Å². The number of aromatic hydroxyl groups is 2. The minimum absolute atomic E-state index is 0. The summed E-state index contributed by atoms with van der Waals surface area (Å²) in [6.07, 6.45) is 1.87. The normalized spacial score (nSPS) is 11.8. The molecule has 0 unspecified atom stereocenters. The van der Waals surface area contributed by atoms with Crippen LogP contribution in [0.15, 0.2) is 267 Å². The number of phenols is 2. The van der Waals surface area contributed by atoms with Crippen molar-refractivity contribution in [3.05, 3.63) is 295 Å². The molecule has 0 amide bonds. The van der Waals surface area contributed by atoms with Crippen LogP contribution in [0.4, 0.5) is 17.3 Å². The van der Waals surface area contributed by atoms with E-state index < -0.39 is 0 Å². The molecule has 0 aliphatic rings. The second-order valence-corrected chi connectivity index (χ2v) is 30.0. The van der Waals surface area contributed by atoms with Crippen LogP contribution >= 0.6 is 0 Å². The summed E-state index contributed by atoms with van der Waals surface area (Å²) in [5, 5.41) is 36.0. The summed E-state index contributed by atoms with van der Waals surface area (Å²) >= 11 is 0. The molecule has 9 aromatic carbocycles. The van der Waals surface area contributed by atoms with Crippen LogP contribution in [0.2, 0.25) is 0 Å². The number of nitrogens with zero attached hydrogens (tertiary/aromatic N) is 8. The molecule has 0 aliphatic carbocycles. The van der Waals surface area contributed by atoms with E-state index in [1.54, 1.807) is 6.07 Å². The Hall–Kier alpha value is -10.2. The van der Waals surface area contributed by atoms with E-state index in [1.165, 1.54) is 0 Å². The predicted molar refractivity (Wildman–Crippen MR) is 412 cm³/mol. The fraction of sp³-hybridized carbons (Fsp3) is 0.178. The van der Waals surface area contributed by atoms with Crippen LogP contribution < -0.4 is 9.88 Å². The van der Waals surface area contributed by atoms with Gasteiger partial charge in [-0.2, -0.15) is 5.10 Å². The summed E-state index contributed by atoms with van der Waals surface area (Å²) in [5.41, 5.74) is 21.0. The molecule has 6 heterocycles. The van der Waals surface area contributed by atoms with Crippen LogP contribution in [0.1, 0.15) is 105 Å². The number of phenolic OH excluding ortho intramolecular Hbond substituents is 2. The summed E-state index contributed by atoms with van der Waals surface area (Å²) < 4.78 is 3.88. The van der Waals surface area contributed by atoms with Crippen LogP contribution in [-0.2, 0) is 63.8 Å². The Balaban J connectivity index is 0.000000191. The Labute approximate surface area is 627 Å². The van der Waals surface area contributed by atoms with Gasteiger partial charge >= 0.3 is 0 Å². The van der Waals surface area contributed by atoms with Gasteiger partial charge in [0.15, 0.2) is 5.82 Å². The van der Waals surface area contributed by atoms with Crippen molar-refractivity contribution >= 4 is 44.6 Å². The number of aromatic nitrogens is 7. The maximum absolute atomic E-state index is 12.1. The molecule has 516 valence electrons. The van der Waals surface area contributed by atoms with Gasteiger partial charge in [0.05, 0.1) is 16.7 Å². The van der Waals surface area contributed by atoms with E-state index in [4.69, 9.17) is 25.1 Å². The predicted octanol–water partition coefficient (Wildman–Crippen LogP) is 22.8. The standard InChI is InChI=1S/C50H44N3O.C40H38N5O.2Pt/c1-49(2,3)40-31-41(48(54)42(32-40)50(4,5)6)47-46(35-21-14-9-15-22-35)45-24-16-23-44(53(45)52-47)39-28-37(34-19-12-8-13-20-34)27-38(29-39)43-30-36(25-26-51-43)33-17-10-7-11-18-33;1-39(2,3)27-20-21-36(46)35(24-27)45-34-19-13-11-17-30(34)38(43-45)44(29-15-8-7-9-16-29)37-25-28(40(4,5)6)23-33(42-37)32-22-26-14-10-12-18-31(26)41-32;;/h7-28,30-32,54H,1-6H3;7-25H,1-6H3,(H-,41,42,46);;/q2*-1;;. The first-order valence-electron chi connectivity index (χ1n) is 34.3. The molecule has 0 saturated carbocycles. The number of rotatable bonds is 11. The minimum atomic E-state index is -0.285. The number of pyridine rings is 3. The van der Waals surface area contributed by atoms with Gasteiger partial charge in [-0.25, -0.2) is 9.67 Å². The third-order valence-electron chi connectivity index (χ3n) is 18.7. The van der Waals surface area contributed by atoms with Gasteiger partial charge in [-0.3, -0.25) is 14.4 Å². The number of benzene rings is 9. The van der Waals surface area contributed by atoms with Gasteiger partial charge in [0, 0.05) is 87.5 Å². The average molecular weight is 1700 g/mol. The molecule has 15 aromatic rings. The molecule has 0 aliphatic heterocycles. The van der Waals surface area contributed by atoms with E-state index in [1.807, 2.05) is 106 Å². The molecule has 0 atom stereocenters. The first-order chi connectivity index (χ1) is 47.9. The molecule has 102 heavy (non-hydrogen) atoms. The SMILES string of the molecule is CC(C)(C)c1cc(-c2cc3ccccc3[n-]2)nc(N(c2ccccc2)c2nn(-c3cc(C(C)(C)C)ccc3O)c3ccccc23)c1.CC(C)(C)c1cc(-c2nn3c(-c4[c-]c(-c5cc(-c6ccccc6)ccn5)cc(-c5ccccc5)c4)cccc3c2-c2ccccc2)c(O)c(C(C)(C)C)c1.[Pt].[Pt]. The zero-order valence-electron chi connectivity index (χ0n) is 59.5. The maximum Gasteiger partial charge on any atom is 0.169 e. The third-order valence-corrected chi connectivity index (χ3v) is 18.7. The van der Waals surface area contributed by atoms with Crippen LogP contribution in [0.5, 0.6) is 11.5 Å². The molecular formula is C90H82N8O2Pt2-2. The zero-order chi connectivity index (χ0) is 69.8. The Kier molecular flexibility index (Phi) is 20.1. The average Bonchev–Trinajstić information content (AvgIpc) is 1.56. The molecule has 12 heteroatoms. The quantitative estimate of drug-likeness (QED) is 0.123. The Bertz CT molecular complexity index is 5470. The largest absolute Gasteiger partial charge is 0.656 e. The molecular weight excluding hydrogens is 1620 g/mol. The van der Waals surface area contributed by atoms with Crippen molar-refractivity contribution in [1.29, 1.82) is 0 Å². The van der Waals surface area contributed by atoms with Gasteiger partial charge in [0.1, 0.15) is 28.7 Å². The second-order valence-electron chi connectivity index (χ2n) is 30.0. The third kappa shape index (κ3) is 14.5. The van der Waals surface area contributed by atoms with Crippen LogP contribution in [0.3, 0.4) is 0 Å². The van der Waals surface area contributed by atoms with Crippen molar-refractivity contribution in [2.75, 3.05) is 4.90 Å². The molecule has 6 aromatic heterocycles. The zero-order valence-corrected chi connectivity index (χ0v) is 64.1. The maximum atomic E-state index is 12.1. The topological polar surface area (TPSA) is 119 Å². The summed E-state index contributed by atoms with van der Waals surface area (Å²) in [7, 11) is 0. The Morgan fingerprint density at radius 2 is 1.04 bits per heavy atom. The van der Waals surface area contributed by atoms with Gasteiger partial charge in [-0.05, 0) is 133 Å². The first-order valence-corrected chi connectivity index (χ1v) is 34.3. The van der Waals surface area contributed by atoms with Crippen molar-refractivity contribution in [3.8, 4) is 95.7 Å². The summed E-state index contributed by atoms with van der Waals surface area (Å²) in [6.45, 7) is 26.2. The monoisotopic (exact) mass is 1700 g/mol. The number of anilines is 3. The van der Waals surface area contributed by atoms with Crippen LogP contribution in [-0.4, -0.2) is 39.6 Å². The minimum Gasteiger partial charge on any atom is -0.656 e.